The van der Waals surface area contributed by atoms with Crippen LogP contribution >= 0.6 is 31.9 Å². The van der Waals surface area contributed by atoms with Crippen molar-refractivity contribution in [2.45, 2.75) is 0 Å². The lowest BCUT2D eigenvalue weighted by molar-refractivity contribution is 0.0697. The normalized spacial score (nSPS) is 10.2. The van der Waals surface area contributed by atoms with E-state index in [1.54, 1.807) is 31.4 Å². The monoisotopic (exact) mass is 400 g/mol. The number of halogens is 2. The maximum absolute atomic E-state index is 10.8. The fourth-order valence-corrected chi connectivity index (χ4v) is 2.43. The van der Waals surface area contributed by atoms with Crippen LogP contribution in [0.2, 0.25) is 0 Å². The summed E-state index contributed by atoms with van der Waals surface area (Å²) in [6.45, 7) is 0. The topological polar surface area (TPSA) is 55.8 Å². The summed E-state index contributed by atoms with van der Waals surface area (Å²) in [6, 6.07) is 9.75. The third kappa shape index (κ3) is 3.32. The van der Waals surface area contributed by atoms with Gasteiger partial charge in [0.15, 0.2) is 0 Å². The van der Waals surface area contributed by atoms with Crippen molar-refractivity contribution < 1.29 is 19.4 Å². The second-order valence-electron chi connectivity index (χ2n) is 3.85. The first-order valence-electron chi connectivity index (χ1n) is 5.55. The molecule has 0 bridgehead atoms. The van der Waals surface area contributed by atoms with E-state index in [4.69, 9.17) is 14.6 Å². The van der Waals surface area contributed by atoms with Crippen molar-refractivity contribution in [3.63, 3.8) is 0 Å². The minimum absolute atomic E-state index is 0.215. The number of carboxylic acids is 1. The van der Waals surface area contributed by atoms with Crippen LogP contribution in [0.25, 0.3) is 0 Å². The Morgan fingerprint density at radius 3 is 2.15 bits per heavy atom. The van der Waals surface area contributed by atoms with E-state index in [-0.39, 0.29) is 5.56 Å². The molecular formula is C14H10Br2O4. The molecule has 2 rings (SSSR count). The van der Waals surface area contributed by atoms with Gasteiger partial charge in [0.1, 0.15) is 17.2 Å². The van der Waals surface area contributed by atoms with E-state index in [0.717, 1.165) is 8.95 Å². The van der Waals surface area contributed by atoms with Crippen LogP contribution in [0, 0.1) is 0 Å². The van der Waals surface area contributed by atoms with E-state index in [2.05, 4.69) is 31.9 Å². The lowest BCUT2D eigenvalue weighted by atomic mass is 10.2. The second kappa shape index (κ2) is 6.28. The molecule has 0 aliphatic carbocycles. The number of rotatable bonds is 4. The van der Waals surface area contributed by atoms with Gasteiger partial charge in [-0.05, 0) is 68.3 Å². The van der Waals surface area contributed by atoms with Crippen molar-refractivity contribution in [3.05, 3.63) is 50.9 Å². The van der Waals surface area contributed by atoms with Gasteiger partial charge in [0.05, 0.1) is 21.6 Å². The summed E-state index contributed by atoms with van der Waals surface area (Å²) < 4.78 is 12.4. The summed E-state index contributed by atoms with van der Waals surface area (Å²) in [6.07, 6.45) is 0. The lowest BCUT2D eigenvalue weighted by Crippen LogP contribution is -1.95. The standard InChI is InChI=1S/C14H10Br2O4/c1-19-12-6-11(16)13(7-10(12)15)20-9-4-2-8(3-5-9)14(17)18/h2-7H,1H3,(H,17,18). The first kappa shape index (κ1) is 14.9. The molecule has 0 atom stereocenters. The number of benzene rings is 2. The summed E-state index contributed by atoms with van der Waals surface area (Å²) in [4.78, 5) is 10.8. The molecular weight excluding hydrogens is 392 g/mol. The van der Waals surface area contributed by atoms with Crippen LogP contribution in [0.15, 0.2) is 45.3 Å². The summed E-state index contributed by atoms with van der Waals surface area (Å²) in [5, 5.41) is 8.84. The number of aromatic carboxylic acids is 1. The number of ether oxygens (including phenoxy) is 2. The average molecular weight is 402 g/mol. The van der Waals surface area contributed by atoms with Crippen LogP contribution in [0.1, 0.15) is 10.4 Å². The maximum atomic E-state index is 10.8. The van der Waals surface area contributed by atoms with E-state index in [9.17, 15) is 4.79 Å². The second-order valence-corrected chi connectivity index (χ2v) is 5.56. The quantitative estimate of drug-likeness (QED) is 0.805. The highest BCUT2D eigenvalue weighted by molar-refractivity contribution is 9.11. The van der Waals surface area contributed by atoms with Crippen molar-refractivity contribution in [3.8, 4) is 17.2 Å². The molecule has 6 heteroatoms. The minimum atomic E-state index is -0.968. The largest absolute Gasteiger partial charge is 0.496 e. The van der Waals surface area contributed by atoms with Crippen LogP contribution in [0.4, 0.5) is 0 Å². The van der Waals surface area contributed by atoms with Crippen LogP contribution in [0.3, 0.4) is 0 Å². The Kier molecular flexibility index (Phi) is 4.67. The van der Waals surface area contributed by atoms with Crippen molar-refractivity contribution in [1.29, 1.82) is 0 Å². The molecule has 4 nitrogen and oxygen atoms in total. The number of methoxy groups -OCH3 is 1. The number of hydrogen-bond donors (Lipinski definition) is 1. The third-order valence-electron chi connectivity index (χ3n) is 2.54. The summed E-state index contributed by atoms with van der Waals surface area (Å²) in [5.41, 5.74) is 0.215. The molecule has 0 unspecified atom stereocenters. The molecule has 1 N–H and O–H groups in total. The van der Waals surface area contributed by atoms with E-state index < -0.39 is 5.97 Å². The van der Waals surface area contributed by atoms with Crippen LogP contribution in [-0.4, -0.2) is 18.2 Å². The molecule has 2 aromatic carbocycles. The van der Waals surface area contributed by atoms with E-state index >= 15 is 0 Å². The SMILES string of the molecule is COc1cc(Br)c(Oc2ccc(C(=O)O)cc2)cc1Br. The van der Waals surface area contributed by atoms with Gasteiger partial charge in [0.2, 0.25) is 0 Å². The third-order valence-corrected chi connectivity index (χ3v) is 3.77. The smallest absolute Gasteiger partial charge is 0.335 e. The Labute approximate surface area is 132 Å². The van der Waals surface area contributed by atoms with Crippen molar-refractivity contribution in [1.82, 2.24) is 0 Å². The van der Waals surface area contributed by atoms with Crippen LogP contribution in [-0.2, 0) is 0 Å². The predicted molar refractivity (Wildman–Crippen MR) is 81.9 cm³/mol. The molecule has 0 fully saturated rings. The minimum Gasteiger partial charge on any atom is -0.496 e. The Hall–Kier alpha value is -1.53. The van der Waals surface area contributed by atoms with Gasteiger partial charge in [-0.15, -0.1) is 0 Å². The fraction of sp³-hybridized carbons (Fsp3) is 0.0714. The molecule has 0 saturated carbocycles. The number of hydrogen-bond acceptors (Lipinski definition) is 3. The molecule has 0 saturated heterocycles. The zero-order valence-electron chi connectivity index (χ0n) is 10.4. The molecule has 0 spiro atoms. The number of carboxylic acid groups (broad SMARTS) is 1. The van der Waals surface area contributed by atoms with Crippen molar-refractivity contribution in [2.24, 2.45) is 0 Å². The van der Waals surface area contributed by atoms with Gasteiger partial charge in [-0.2, -0.15) is 0 Å². The highest BCUT2D eigenvalue weighted by Crippen LogP contribution is 2.38. The molecule has 0 aromatic heterocycles. The van der Waals surface area contributed by atoms with Gasteiger partial charge >= 0.3 is 5.97 Å². The molecule has 0 amide bonds. The van der Waals surface area contributed by atoms with Crippen LogP contribution in [0.5, 0.6) is 17.2 Å². The highest BCUT2D eigenvalue weighted by Gasteiger charge is 2.10. The Bertz CT molecular complexity index is 638. The predicted octanol–water partition coefficient (Wildman–Crippen LogP) is 4.71. The zero-order valence-corrected chi connectivity index (χ0v) is 13.6. The Morgan fingerprint density at radius 1 is 1.05 bits per heavy atom. The molecule has 20 heavy (non-hydrogen) atoms. The first-order valence-corrected chi connectivity index (χ1v) is 7.14. The van der Waals surface area contributed by atoms with E-state index in [1.165, 1.54) is 12.1 Å². The summed E-state index contributed by atoms with van der Waals surface area (Å²) in [7, 11) is 1.58. The van der Waals surface area contributed by atoms with Crippen molar-refractivity contribution >= 4 is 37.8 Å². The fourth-order valence-electron chi connectivity index (χ4n) is 1.54. The van der Waals surface area contributed by atoms with Gasteiger partial charge in [0.25, 0.3) is 0 Å². The molecule has 0 aliphatic heterocycles. The van der Waals surface area contributed by atoms with Crippen LogP contribution < -0.4 is 9.47 Å². The maximum Gasteiger partial charge on any atom is 0.335 e. The van der Waals surface area contributed by atoms with E-state index in [0.29, 0.717) is 17.2 Å². The van der Waals surface area contributed by atoms with Gasteiger partial charge in [0, 0.05) is 0 Å². The summed E-state index contributed by atoms with van der Waals surface area (Å²) in [5.74, 6) is 0.865. The first-order chi connectivity index (χ1) is 9.51. The van der Waals surface area contributed by atoms with Gasteiger partial charge in [-0.1, -0.05) is 0 Å². The van der Waals surface area contributed by atoms with Gasteiger partial charge in [-0.3, -0.25) is 0 Å². The Balaban J connectivity index is 2.25. The van der Waals surface area contributed by atoms with Gasteiger partial charge in [-0.25, -0.2) is 4.79 Å². The Morgan fingerprint density at radius 2 is 1.60 bits per heavy atom. The average Bonchev–Trinajstić information content (AvgIpc) is 2.43. The zero-order chi connectivity index (χ0) is 14.7. The molecule has 0 heterocycles. The highest BCUT2D eigenvalue weighted by atomic mass is 79.9. The molecule has 0 aliphatic rings. The molecule has 2 aromatic rings. The van der Waals surface area contributed by atoms with Gasteiger partial charge < -0.3 is 14.6 Å². The molecule has 0 radical (unpaired) electrons. The van der Waals surface area contributed by atoms with Crippen molar-refractivity contribution in [2.75, 3.05) is 7.11 Å². The lowest BCUT2D eigenvalue weighted by Gasteiger charge is -2.11. The van der Waals surface area contributed by atoms with E-state index in [1.807, 2.05) is 0 Å². The number of carbonyl (C=O) groups is 1. The summed E-state index contributed by atoms with van der Waals surface area (Å²) >= 11 is 6.78. The molecule has 104 valence electrons.